The summed E-state index contributed by atoms with van der Waals surface area (Å²) in [4.78, 5) is 30.4. The van der Waals surface area contributed by atoms with Crippen molar-refractivity contribution in [1.82, 2.24) is 19.5 Å². The van der Waals surface area contributed by atoms with Crippen molar-refractivity contribution >= 4 is 23.4 Å². The molecule has 1 amide bonds. The van der Waals surface area contributed by atoms with Crippen LogP contribution < -0.4 is 4.90 Å². The van der Waals surface area contributed by atoms with E-state index in [4.69, 9.17) is 4.74 Å². The second-order valence-electron chi connectivity index (χ2n) is 6.63. The zero-order valence-electron chi connectivity index (χ0n) is 14.9. The van der Waals surface area contributed by atoms with Gasteiger partial charge in [-0.1, -0.05) is 23.5 Å². The number of carbonyl (C=O) groups excluding carboxylic acids is 1. The Morgan fingerprint density at radius 3 is 2.85 bits per heavy atom. The van der Waals surface area contributed by atoms with Crippen LogP contribution in [-0.4, -0.2) is 63.3 Å². The second kappa shape index (κ2) is 7.54. The molecule has 10 nitrogen and oxygen atoms in total. The fourth-order valence-electron chi connectivity index (χ4n) is 2.80. The Labute approximate surface area is 150 Å². The zero-order chi connectivity index (χ0) is 18.7. The van der Waals surface area contributed by atoms with E-state index in [1.807, 2.05) is 18.7 Å². The zero-order valence-corrected chi connectivity index (χ0v) is 14.9. The predicted octanol–water partition coefficient (Wildman–Crippen LogP) is 1.94. The van der Waals surface area contributed by atoms with E-state index >= 15 is 0 Å². The molecule has 1 saturated heterocycles. The molecule has 1 aliphatic heterocycles. The first-order valence-corrected chi connectivity index (χ1v) is 8.61. The maximum absolute atomic E-state index is 12.1. The normalized spacial score (nSPS) is 15.3. The Kier molecular flexibility index (Phi) is 5.19. The molecular formula is C16H22N6O4. The first-order chi connectivity index (χ1) is 12.5. The van der Waals surface area contributed by atoms with Crippen molar-refractivity contribution < 1.29 is 14.5 Å². The van der Waals surface area contributed by atoms with Gasteiger partial charge in [-0.3, -0.25) is 0 Å². The summed E-state index contributed by atoms with van der Waals surface area (Å²) in [5.74, 6) is 0.746. The highest BCUT2D eigenvalue weighted by atomic mass is 16.6. The Morgan fingerprint density at radius 1 is 1.31 bits per heavy atom. The lowest BCUT2D eigenvalue weighted by Gasteiger charge is -2.22. The molecule has 3 heterocycles. The van der Waals surface area contributed by atoms with Gasteiger partial charge in [-0.2, -0.15) is 0 Å². The van der Waals surface area contributed by atoms with Gasteiger partial charge in [0.05, 0.1) is 6.61 Å². The van der Waals surface area contributed by atoms with Gasteiger partial charge in [-0.05, 0) is 23.3 Å². The van der Waals surface area contributed by atoms with Crippen LogP contribution in [0.2, 0.25) is 0 Å². The SMILES string of the molecule is CC(C)COC(=O)N1CCCN(c2ccc3ncc([N+](=O)[O-])n3n2)CC1. The third kappa shape index (κ3) is 3.84. The highest BCUT2D eigenvalue weighted by Crippen LogP contribution is 2.18. The number of hydrogen-bond acceptors (Lipinski definition) is 7. The topological polar surface area (TPSA) is 106 Å². The molecule has 0 radical (unpaired) electrons. The van der Waals surface area contributed by atoms with Gasteiger partial charge in [-0.15, -0.1) is 0 Å². The number of hydrogen-bond donors (Lipinski definition) is 0. The van der Waals surface area contributed by atoms with Gasteiger partial charge in [0.1, 0.15) is 6.20 Å². The number of amides is 1. The van der Waals surface area contributed by atoms with Crippen molar-refractivity contribution in [2.45, 2.75) is 20.3 Å². The van der Waals surface area contributed by atoms with Crippen molar-refractivity contribution in [1.29, 1.82) is 0 Å². The maximum Gasteiger partial charge on any atom is 0.409 e. The Morgan fingerprint density at radius 2 is 2.12 bits per heavy atom. The van der Waals surface area contributed by atoms with E-state index in [0.717, 1.165) is 6.42 Å². The van der Waals surface area contributed by atoms with Crippen molar-refractivity contribution in [3.8, 4) is 0 Å². The summed E-state index contributed by atoms with van der Waals surface area (Å²) in [6, 6.07) is 3.49. The molecule has 10 heteroatoms. The minimum Gasteiger partial charge on any atom is -0.449 e. The largest absolute Gasteiger partial charge is 0.449 e. The Hall–Kier alpha value is -2.91. The Bertz CT molecular complexity index is 805. The van der Waals surface area contributed by atoms with Gasteiger partial charge >= 0.3 is 11.9 Å². The van der Waals surface area contributed by atoms with E-state index in [2.05, 4.69) is 10.1 Å². The molecule has 0 unspecified atom stereocenters. The molecular weight excluding hydrogens is 340 g/mol. The van der Waals surface area contributed by atoms with Gasteiger partial charge < -0.3 is 24.7 Å². The third-order valence-electron chi connectivity index (χ3n) is 4.14. The molecule has 1 aliphatic rings. The lowest BCUT2D eigenvalue weighted by Crippen LogP contribution is -2.36. The number of nitro groups is 1. The van der Waals surface area contributed by atoms with Crippen LogP contribution in [0.4, 0.5) is 16.4 Å². The average Bonchev–Trinajstić information content (AvgIpc) is 2.88. The van der Waals surface area contributed by atoms with Gasteiger partial charge in [0.2, 0.25) is 5.65 Å². The van der Waals surface area contributed by atoms with Crippen LogP contribution in [0.3, 0.4) is 0 Å². The molecule has 0 saturated carbocycles. The monoisotopic (exact) mass is 362 g/mol. The van der Waals surface area contributed by atoms with Gasteiger partial charge in [0.25, 0.3) is 0 Å². The van der Waals surface area contributed by atoms with Gasteiger partial charge in [-0.25, -0.2) is 9.78 Å². The predicted molar refractivity (Wildman–Crippen MR) is 94.2 cm³/mol. The number of ether oxygens (including phenoxy) is 1. The van der Waals surface area contributed by atoms with Crippen LogP contribution in [0.15, 0.2) is 18.3 Å². The quantitative estimate of drug-likeness (QED) is 0.604. The van der Waals surface area contributed by atoms with Crippen molar-refractivity contribution in [3.05, 3.63) is 28.4 Å². The highest BCUT2D eigenvalue weighted by molar-refractivity contribution is 5.67. The van der Waals surface area contributed by atoms with E-state index in [-0.39, 0.29) is 11.9 Å². The van der Waals surface area contributed by atoms with Crippen LogP contribution in [0.1, 0.15) is 20.3 Å². The molecule has 2 aromatic rings. The van der Waals surface area contributed by atoms with Crippen molar-refractivity contribution in [2.24, 2.45) is 5.92 Å². The molecule has 0 N–H and O–H groups in total. The number of nitrogens with zero attached hydrogens (tertiary/aromatic N) is 6. The minimum absolute atomic E-state index is 0.171. The fourth-order valence-corrected chi connectivity index (χ4v) is 2.80. The second-order valence-corrected chi connectivity index (χ2v) is 6.63. The number of carbonyl (C=O) groups is 1. The summed E-state index contributed by atoms with van der Waals surface area (Å²) in [6.07, 6.45) is 1.66. The average molecular weight is 362 g/mol. The molecule has 140 valence electrons. The molecule has 0 aromatic carbocycles. The highest BCUT2D eigenvalue weighted by Gasteiger charge is 2.23. The molecule has 0 aliphatic carbocycles. The summed E-state index contributed by atoms with van der Waals surface area (Å²) in [5.41, 5.74) is 0.425. The molecule has 0 spiro atoms. The maximum atomic E-state index is 12.1. The lowest BCUT2D eigenvalue weighted by atomic mass is 10.2. The minimum atomic E-state index is -0.508. The fraction of sp³-hybridized carbons (Fsp3) is 0.562. The van der Waals surface area contributed by atoms with Crippen LogP contribution in [-0.2, 0) is 4.74 Å². The van der Waals surface area contributed by atoms with Gasteiger partial charge in [0, 0.05) is 32.2 Å². The van der Waals surface area contributed by atoms with E-state index in [1.165, 1.54) is 10.7 Å². The Balaban J connectivity index is 1.71. The van der Waals surface area contributed by atoms with E-state index in [0.29, 0.717) is 50.2 Å². The molecule has 1 fully saturated rings. The first kappa shape index (κ1) is 17.9. The van der Waals surface area contributed by atoms with E-state index < -0.39 is 4.92 Å². The van der Waals surface area contributed by atoms with E-state index in [1.54, 1.807) is 17.0 Å². The molecule has 2 aromatic heterocycles. The molecule has 0 bridgehead atoms. The molecule has 3 rings (SSSR count). The van der Waals surface area contributed by atoms with Crippen molar-refractivity contribution in [2.75, 3.05) is 37.7 Å². The standard InChI is InChI=1S/C16H22N6O4/c1-12(2)11-26-16(23)20-7-3-6-19(8-9-20)14-5-4-13-17-10-15(22(24)25)21(13)18-14/h4-5,10,12H,3,6-9,11H2,1-2H3. The summed E-state index contributed by atoms with van der Waals surface area (Å²) >= 11 is 0. The van der Waals surface area contributed by atoms with Crippen LogP contribution in [0.25, 0.3) is 5.65 Å². The summed E-state index contributed by atoms with van der Waals surface area (Å²) in [6.45, 7) is 6.81. The van der Waals surface area contributed by atoms with Crippen LogP contribution in [0, 0.1) is 16.0 Å². The number of fused-ring (bicyclic) bond motifs is 1. The molecule has 26 heavy (non-hydrogen) atoms. The third-order valence-corrected chi connectivity index (χ3v) is 4.14. The van der Waals surface area contributed by atoms with Gasteiger partial charge in [0.15, 0.2) is 5.82 Å². The molecule has 0 atom stereocenters. The summed E-state index contributed by atoms with van der Waals surface area (Å²) in [7, 11) is 0. The van der Waals surface area contributed by atoms with Crippen LogP contribution >= 0.6 is 0 Å². The smallest absolute Gasteiger partial charge is 0.409 e. The summed E-state index contributed by atoms with van der Waals surface area (Å²) < 4.78 is 6.53. The van der Waals surface area contributed by atoms with Crippen molar-refractivity contribution in [3.63, 3.8) is 0 Å². The lowest BCUT2D eigenvalue weighted by molar-refractivity contribution is -0.391. The number of anilines is 1. The summed E-state index contributed by atoms with van der Waals surface area (Å²) in [5, 5.41) is 15.4. The van der Waals surface area contributed by atoms with E-state index in [9.17, 15) is 14.9 Å². The van der Waals surface area contributed by atoms with Crippen LogP contribution in [0.5, 0.6) is 0 Å². The number of rotatable bonds is 4. The first-order valence-electron chi connectivity index (χ1n) is 8.61. The number of imidazole rings is 1. The number of aromatic nitrogens is 3.